The van der Waals surface area contributed by atoms with Crippen LogP contribution >= 0.6 is 0 Å². The third-order valence-corrected chi connectivity index (χ3v) is 4.94. The number of hydrogen-bond donors (Lipinski definition) is 3. The van der Waals surface area contributed by atoms with E-state index in [1.165, 1.54) is 0 Å². The van der Waals surface area contributed by atoms with Crippen molar-refractivity contribution >= 4 is 17.5 Å². The molecule has 1 aromatic heterocycles. The Balaban J connectivity index is 1.46. The molecule has 0 radical (unpaired) electrons. The number of imidazole rings is 1. The highest BCUT2D eigenvalue weighted by Crippen LogP contribution is 2.31. The topological polar surface area (TPSA) is 108 Å². The molecular formula is C19H22N4O4. The summed E-state index contributed by atoms with van der Waals surface area (Å²) in [7, 11) is 0. The Morgan fingerprint density at radius 3 is 2.81 bits per heavy atom. The minimum atomic E-state index is -0.905. The number of aliphatic hydroxyl groups is 1. The fourth-order valence-electron chi connectivity index (χ4n) is 3.21. The van der Waals surface area contributed by atoms with Gasteiger partial charge in [-0.2, -0.15) is 0 Å². The summed E-state index contributed by atoms with van der Waals surface area (Å²) in [4.78, 5) is 32.9. The van der Waals surface area contributed by atoms with Crippen molar-refractivity contribution in [3.05, 3.63) is 48.0 Å². The first-order chi connectivity index (χ1) is 13.1. The highest BCUT2D eigenvalue weighted by atomic mass is 16.5. The second-order valence-electron chi connectivity index (χ2n) is 6.97. The maximum Gasteiger partial charge on any atom is 0.249 e. The number of H-pyrrole nitrogens is 1. The number of anilines is 1. The number of nitrogens with zero attached hydrogens (tertiary/aromatic N) is 2. The average Bonchev–Trinajstić information content (AvgIpc) is 3.41. The van der Waals surface area contributed by atoms with Crippen LogP contribution in [0.1, 0.15) is 30.3 Å². The summed E-state index contributed by atoms with van der Waals surface area (Å²) in [6, 6.07) is 6.54. The second-order valence-corrected chi connectivity index (χ2v) is 6.97. The van der Waals surface area contributed by atoms with Crippen molar-refractivity contribution in [2.45, 2.75) is 31.5 Å². The molecule has 2 aromatic rings. The van der Waals surface area contributed by atoms with Crippen molar-refractivity contribution in [2.24, 2.45) is 5.92 Å². The van der Waals surface area contributed by atoms with E-state index in [-0.39, 0.29) is 37.5 Å². The Morgan fingerprint density at radius 1 is 1.37 bits per heavy atom. The van der Waals surface area contributed by atoms with Crippen LogP contribution in [0.4, 0.5) is 5.69 Å². The normalized spacial score (nSPS) is 21.1. The number of nitrogens with one attached hydrogen (secondary N) is 2. The minimum absolute atomic E-state index is 0.00390. The van der Waals surface area contributed by atoms with E-state index >= 15 is 0 Å². The molecule has 2 aliphatic rings. The van der Waals surface area contributed by atoms with Gasteiger partial charge in [0.25, 0.3) is 0 Å². The zero-order chi connectivity index (χ0) is 18.8. The van der Waals surface area contributed by atoms with E-state index < -0.39 is 12.1 Å². The number of benzene rings is 1. The van der Waals surface area contributed by atoms with E-state index in [0.717, 1.165) is 12.8 Å². The van der Waals surface area contributed by atoms with E-state index in [9.17, 15) is 14.7 Å². The molecule has 3 N–H and O–H groups in total. The second kappa shape index (κ2) is 7.50. The number of carbonyl (C=O) groups excluding carboxylic acids is 2. The Kier molecular flexibility index (Phi) is 4.91. The summed E-state index contributed by atoms with van der Waals surface area (Å²) >= 11 is 0. The predicted octanol–water partition coefficient (Wildman–Crippen LogP) is 1.22. The Hall–Kier alpha value is -2.71. The van der Waals surface area contributed by atoms with Gasteiger partial charge in [-0.3, -0.25) is 9.59 Å². The molecule has 1 saturated carbocycles. The van der Waals surface area contributed by atoms with Crippen LogP contribution < -0.4 is 5.32 Å². The lowest BCUT2D eigenvalue weighted by Crippen LogP contribution is -2.51. The van der Waals surface area contributed by atoms with E-state index in [4.69, 9.17) is 4.74 Å². The van der Waals surface area contributed by atoms with Gasteiger partial charge >= 0.3 is 0 Å². The van der Waals surface area contributed by atoms with Crippen molar-refractivity contribution in [3.8, 4) is 0 Å². The van der Waals surface area contributed by atoms with E-state index in [1.54, 1.807) is 41.6 Å². The first-order valence-corrected chi connectivity index (χ1v) is 9.06. The molecule has 2 unspecified atom stereocenters. The quantitative estimate of drug-likeness (QED) is 0.709. The number of carbonyl (C=O) groups is 2. The summed E-state index contributed by atoms with van der Waals surface area (Å²) in [6.07, 6.45) is 4.31. The van der Waals surface area contributed by atoms with Crippen LogP contribution in [0, 0.1) is 5.92 Å². The molecule has 1 saturated heterocycles. The maximum atomic E-state index is 12.3. The molecule has 1 aliphatic carbocycles. The Morgan fingerprint density at radius 2 is 2.15 bits per heavy atom. The lowest BCUT2D eigenvalue weighted by atomic mass is 10.00. The molecule has 2 atom stereocenters. The van der Waals surface area contributed by atoms with Crippen molar-refractivity contribution < 1.29 is 19.4 Å². The molecule has 0 bridgehead atoms. The van der Waals surface area contributed by atoms with Gasteiger partial charge in [-0.05, 0) is 30.5 Å². The van der Waals surface area contributed by atoms with Gasteiger partial charge in [-0.25, -0.2) is 4.98 Å². The number of aromatic nitrogens is 2. The van der Waals surface area contributed by atoms with Crippen molar-refractivity contribution in [1.82, 2.24) is 14.9 Å². The highest BCUT2D eigenvalue weighted by molar-refractivity contribution is 5.94. The molecule has 0 spiro atoms. The molecule has 142 valence electrons. The van der Waals surface area contributed by atoms with Crippen LogP contribution in [0.2, 0.25) is 0 Å². The van der Waals surface area contributed by atoms with Gasteiger partial charge in [0, 0.05) is 24.0 Å². The summed E-state index contributed by atoms with van der Waals surface area (Å²) in [6.45, 7) is 0.524. The first kappa shape index (κ1) is 17.7. The SMILES string of the molecule is O=C(Nc1ccc(C(O)C2COCC(=O)N2Cc2ncc[nH]2)cc1)C1CC1. The van der Waals surface area contributed by atoms with Crippen LogP contribution in [-0.2, 0) is 20.9 Å². The number of aliphatic hydroxyl groups excluding tert-OH is 1. The van der Waals surface area contributed by atoms with E-state index in [2.05, 4.69) is 15.3 Å². The number of hydrogen-bond acceptors (Lipinski definition) is 5. The standard InChI is InChI=1S/C19H22N4O4/c24-17-11-27-10-15(23(17)9-16-20-7-8-21-16)18(25)12-3-5-14(6-4-12)22-19(26)13-1-2-13/h3-8,13,15,18,25H,1-2,9-11H2,(H,20,21)(H,22,26). The molecule has 2 amide bonds. The van der Waals surface area contributed by atoms with Crippen molar-refractivity contribution in [1.29, 1.82) is 0 Å². The number of morpholine rings is 1. The van der Waals surface area contributed by atoms with Crippen LogP contribution in [0.25, 0.3) is 0 Å². The van der Waals surface area contributed by atoms with E-state index in [0.29, 0.717) is 17.1 Å². The monoisotopic (exact) mass is 370 g/mol. The third-order valence-electron chi connectivity index (χ3n) is 4.94. The van der Waals surface area contributed by atoms with Gasteiger partial charge < -0.3 is 25.0 Å². The fourth-order valence-corrected chi connectivity index (χ4v) is 3.21. The van der Waals surface area contributed by atoms with Crippen LogP contribution in [-0.4, -0.2) is 51.0 Å². The Bertz CT molecular complexity index is 802. The van der Waals surface area contributed by atoms with Gasteiger partial charge in [0.1, 0.15) is 18.5 Å². The fraction of sp³-hybridized carbons (Fsp3) is 0.421. The van der Waals surface area contributed by atoms with Crippen molar-refractivity contribution in [2.75, 3.05) is 18.5 Å². The zero-order valence-corrected chi connectivity index (χ0v) is 14.8. The third kappa shape index (κ3) is 4.01. The molecule has 1 aromatic carbocycles. The maximum absolute atomic E-state index is 12.3. The number of rotatable bonds is 6. The minimum Gasteiger partial charge on any atom is -0.386 e. The van der Waals surface area contributed by atoms with E-state index in [1.807, 2.05) is 0 Å². The summed E-state index contributed by atoms with van der Waals surface area (Å²) in [5.74, 6) is 0.644. The first-order valence-electron chi connectivity index (χ1n) is 9.06. The zero-order valence-electron chi connectivity index (χ0n) is 14.8. The Labute approximate surface area is 156 Å². The molecule has 8 heteroatoms. The summed E-state index contributed by atoms with van der Waals surface area (Å²) in [5.41, 5.74) is 1.36. The molecule has 2 fully saturated rings. The van der Waals surface area contributed by atoms with Crippen LogP contribution in [0.3, 0.4) is 0 Å². The van der Waals surface area contributed by atoms with Gasteiger partial charge in [-0.1, -0.05) is 12.1 Å². The van der Waals surface area contributed by atoms with Gasteiger partial charge in [-0.15, -0.1) is 0 Å². The molecule has 8 nitrogen and oxygen atoms in total. The number of ether oxygens (including phenoxy) is 1. The summed E-state index contributed by atoms with van der Waals surface area (Å²) in [5, 5.41) is 13.7. The number of amides is 2. The van der Waals surface area contributed by atoms with Crippen LogP contribution in [0.15, 0.2) is 36.7 Å². The van der Waals surface area contributed by atoms with Crippen LogP contribution in [0.5, 0.6) is 0 Å². The number of aromatic amines is 1. The molecule has 1 aliphatic heterocycles. The highest BCUT2D eigenvalue weighted by Gasteiger charge is 2.35. The molecule has 2 heterocycles. The smallest absolute Gasteiger partial charge is 0.249 e. The molecular weight excluding hydrogens is 348 g/mol. The molecule has 27 heavy (non-hydrogen) atoms. The average molecular weight is 370 g/mol. The lowest BCUT2D eigenvalue weighted by molar-refractivity contribution is -0.155. The lowest BCUT2D eigenvalue weighted by Gasteiger charge is -2.37. The predicted molar refractivity (Wildman–Crippen MR) is 96.5 cm³/mol. The van der Waals surface area contributed by atoms with Gasteiger partial charge in [0.05, 0.1) is 19.2 Å². The largest absolute Gasteiger partial charge is 0.386 e. The van der Waals surface area contributed by atoms with Gasteiger partial charge in [0.15, 0.2) is 0 Å². The molecule has 4 rings (SSSR count). The van der Waals surface area contributed by atoms with Crippen molar-refractivity contribution in [3.63, 3.8) is 0 Å². The van der Waals surface area contributed by atoms with Gasteiger partial charge in [0.2, 0.25) is 11.8 Å². The summed E-state index contributed by atoms with van der Waals surface area (Å²) < 4.78 is 5.36.